The fraction of sp³-hybridized carbons (Fsp3) is 0.538. The number of nitrogens with two attached hydrogens (primary N) is 1. The molecule has 0 radical (unpaired) electrons. The molecule has 0 spiro atoms. The lowest BCUT2D eigenvalue weighted by atomic mass is 10.2. The second kappa shape index (κ2) is 6.94. The quantitative estimate of drug-likeness (QED) is 0.346. The second-order valence-electron chi connectivity index (χ2n) is 4.79. The van der Waals surface area contributed by atoms with Gasteiger partial charge in [-0.05, 0) is 40.1 Å². The first kappa shape index (κ1) is 15.2. The molecule has 0 aromatic carbocycles. The van der Waals surface area contributed by atoms with Crippen molar-refractivity contribution in [3.63, 3.8) is 0 Å². The summed E-state index contributed by atoms with van der Waals surface area (Å²) in [5.41, 5.74) is 6.28. The third-order valence-electron chi connectivity index (χ3n) is 2.95. The Morgan fingerprint density at radius 2 is 2.21 bits per heavy atom. The summed E-state index contributed by atoms with van der Waals surface area (Å²) in [6.45, 7) is 6.02. The summed E-state index contributed by atoms with van der Waals surface area (Å²) in [6, 6.07) is 3.89. The van der Waals surface area contributed by atoms with Gasteiger partial charge in [0.15, 0.2) is 5.84 Å². The van der Waals surface area contributed by atoms with Crippen LogP contribution in [0.4, 0.5) is 5.82 Å². The summed E-state index contributed by atoms with van der Waals surface area (Å²) >= 11 is 0. The van der Waals surface area contributed by atoms with E-state index in [9.17, 15) is 0 Å². The SMILES string of the molecule is CCN(c1cc(/C(N)=N/O)ccn1)C(C)CN(C)C. The molecule has 1 heterocycles. The van der Waals surface area contributed by atoms with Crippen LogP contribution in [0, 0.1) is 0 Å². The molecule has 0 aliphatic heterocycles. The molecule has 0 fully saturated rings. The van der Waals surface area contributed by atoms with Crippen molar-refractivity contribution in [3.05, 3.63) is 23.9 Å². The normalized spacial score (nSPS) is 13.6. The minimum absolute atomic E-state index is 0.0972. The Morgan fingerprint density at radius 3 is 2.74 bits per heavy atom. The number of hydrogen-bond acceptors (Lipinski definition) is 5. The summed E-state index contributed by atoms with van der Waals surface area (Å²) in [5, 5.41) is 11.7. The van der Waals surface area contributed by atoms with Gasteiger partial charge in [0.1, 0.15) is 5.82 Å². The highest BCUT2D eigenvalue weighted by Crippen LogP contribution is 2.15. The van der Waals surface area contributed by atoms with Crippen molar-refractivity contribution in [1.82, 2.24) is 9.88 Å². The van der Waals surface area contributed by atoms with Crippen molar-refractivity contribution in [2.75, 3.05) is 32.1 Å². The van der Waals surface area contributed by atoms with Gasteiger partial charge in [-0.3, -0.25) is 0 Å². The molecule has 19 heavy (non-hydrogen) atoms. The van der Waals surface area contributed by atoms with E-state index in [1.54, 1.807) is 12.3 Å². The number of nitrogens with zero attached hydrogens (tertiary/aromatic N) is 4. The Bertz CT molecular complexity index is 433. The van der Waals surface area contributed by atoms with Crippen LogP contribution in [0.15, 0.2) is 23.5 Å². The lowest BCUT2D eigenvalue weighted by Crippen LogP contribution is -2.40. The van der Waals surface area contributed by atoms with E-state index in [0.29, 0.717) is 11.6 Å². The zero-order valence-corrected chi connectivity index (χ0v) is 12.0. The summed E-state index contributed by atoms with van der Waals surface area (Å²) in [6.07, 6.45) is 1.67. The maximum absolute atomic E-state index is 8.73. The van der Waals surface area contributed by atoms with Gasteiger partial charge >= 0.3 is 0 Å². The molecule has 106 valence electrons. The fourth-order valence-electron chi connectivity index (χ4n) is 2.12. The van der Waals surface area contributed by atoms with Gasteiger partial charge in [-0.15, -0.1) is 0 Å². The van der Waals surface area contributed by atoms with E-state index in [1.807, 2.05) is 20.2 Å². The predicted octanol–water partition coefficient (Wildman–Crippen LogP) is 0.952. The van der Waals surface area contributed by atoms with Crippen LogP contribution < -0.4 is 10.6 Å². The third-order valence-corrected chi connectivity index (χ3v) is 2.95. The lowest BCUT2D eigenvalue weighted by molar-refractivity contribution is 0.318. The molecule has 0 saturated heterocycles. The molecule has 6 heteroatoms. The van der Waals surface area contributed by atoms with Gasteiger partial charge in [0.05, 0.1) is 0 Å². The van der Waals surface area contributed by atoms with Crippen LogP contribution in [-0.4, -0.2) is 54.2 Å². The minimum atomic E-state index is 0.0972. The van der Waals surface area contributed by atoms with Gasteiger partial charge in [0.25, 0.3) is 0 Å². The Kier molecular flexibility index (Phi) is 5.57. The molecular weight excluding hydrogens is 242 g/mol. The summed E-state index contributed by atoms with van der Waals surface area (Å²) in [7, 11) is 4.09. The number of hydrogen-bond donors (Lipinski definition) is 2. The minimum Gasteiger partial charge on any atom is -0.409 e. The predicted molar refractivity (Wildman–Crippen MR) is 77.8 cm³/mol. The number of likely N-dealkylation sites (N-methyl/N-ethyl adjacent to an activating group) is 2. The third kappa shape index (κ3) is 4.10. The molecule has 0 saturated carbocycles. The molecule has 0 aliphatic carbocycles. The molecule has 1 aromatic heterocycles. The monoisotopic (exact) mass is 265 g/mol. The van der Waals surface area contributed by atoms with Gasteiger partial charge in [0.2, 0.25) is 0 Å². The Hall–Kier alpha value is -1.82. The average molecular weight is 265 g/mol. The molecular formula is C13H23N5O. The first-order valence-electron chi connectivity index (χ1n) is 6.34. The maximum Gasteiger partial charge on any atom is 0.170 e. The van der Waals surface area contributed by atoms with Gasteiger partial charge < -0.3 is 20.7 Å². The first-order valence-corrected chi connectivity index (χ1v) is 6.34. The topological polar surface area (TPSA) is 78.0 Å². The molecule has 1 atom stereocenters. The lowest BCUT2D eigenvalue weighted by Gasteiger charge is -2.31. The van der Waals surface area contributed by atoms with Gasteiger partial charge in [-0.2, -0.15) is 0 Å². The molecule has 1 unspecified atom stereocenters. The van der Waals surface area contributed by atoms with E-state index in [1.165, 1.54) is 0 Å². The zero-order chi connectivity index (χ0) is 14.4. The number of amidine groups is 1. The maximum atomic E-state index is 8.73. The average Bonchev–Trinajstić information content (AvgIpc) is 2.38. The Balaban J connectivity index is 2.98. The van der Waals surface area contributed by atoms with Crippen LogP contribution in [0.25, 0.3) is 0 Å². The molecule has 0 amide bonds. The number of rotatable bonds is 6. The van der Waals surface area contributed by atoms with E-state index in [4.69, 9.17) is 10.9 Å². The number of pyridine rings is 1. The van der Waals surface area contributed by atoms with Gasteiger partial charge in [0, 0.05) is 30.9 Å². The van der Waals surface area contributed by atoms with Crippen LogP contribution in [0.2, 0.25) is 0 Å². The van der Waals surface area contributed by atoms with E-state index in [2.05, 4.69) is 33.8 Å². The van der Waals surface area contributed by atoms with Crippen LogP contribution in [0.5, 0.6) is 0 Å². The highest BCUT2D eigenvalue weighted by atomic mass is 16.4. The number of anilines is 1. The van der Waals surface area contributed by atoms with Gasteiger partial charge in [-0.1, -0.05) is 5.16 Å². The molecule has 0 bridgehead atoms. The van der Waals surface area contributed by atoms with Crippen LogP contribution >= 0.6 is 0 Å². The molecule has 6 nitrogen and oxygen atoms in total. The van der Waals surface area contributed by atoms with Crippen LogP contribution in [0.1, 0.15) is 19.4 Å². The van der Waals surface area contributed by atoms with E-state index >= 15 is 0 Å². The molecule has 1 aromatic rings. The van der Waals surface area contributed by atoms with Crippen molar-refractivity contribution in [2.24, 2.45) is 10.9 Å². The molecule has 3 N–H and O–H groups in total. The number of oxime groups is 1. The number of aromatic nitrogens is 1. The smallest absolute Gasteiger partial charge is 0.170 e. The summed E-state index contributed by atoms with van der Waals surface area (Å²) in [4.78, 5) is 8.70. The van der Waals surface area contributed by atoms with Crippen molar-refractivity contribution in [1.29, 1.82) is 0 Å². The fourth-order valence-corrected chi connectivity index (χ4v) is 2.12. The van der Waals surface area contributed by atoms with Crippen LogP contribution in [0.3, 0.4) is 0 Å². The summed E-state index contributed by atoms with van der Waals surface area (Å²) < 4.78 is 0. The Labute approximate surface area is 114 Å². The Morgan fingerprint density at radius 1 is 1.53 bits per heavy atom. The molecule has 0 aliphatic rings. The van der Waals surface area contributed by atoms with E-state index in [-0.39, 0.29) is 5.84 Å². The van der Waals surface area contributed by atoms with E-state index < -0.39 is 0 Å². The summed E-state index contributed by atoms with van der Waals surface area (Å²) in [5.74, 6) is 0.931. The first-order chi connectivity index (χ1) is 8.99. The van der Waals surface area contributed by atoms with Crippen molar-refractivity contribution < 1.29 is 5.21 Å². The largest absolute Gasteiger partial charge is 0.409 e. The van der Waals surface area contributed by atoms with Gasteiger partial charge in [-0.25, -0.2) is 4.98 Å². The van der Waals surface area contributed by atoms with Crippen molar-refractivity contribution in [3.8, 4) is 0 Å². The second-order valence-corrected chi connectivity index (χ2v) is 4.79. The van der Waals surface area contributed by atoms with Crippen molar-refractivity contribution in [2.45, 2.75) is 19.9 Å². The van der Waals surface area contributed by atoms with Crippen molar-refractivity contribution >= 4 is 11.7 Å². The molecule has 1 rings (SSSR count). The van der Waals surface area contributed by atoms with Crippen LogP contribution in [-0.2, 0) is 0 Å². The van der Waals surface area contributed by atoms with E-state index in [0.717, 1.165) is 18.9 Å². The zero-order valence-electron chi connectivity index (χ0n) is 12.0. The highest BCUT2D eigenvalue weighted by Gasteiger charge is 2.15. The highest BCUT2D eigenvalue weighted by molar-refractivity contribution is 5.97. The standard InChI is InChI=1S/C13H23N5O/c1-5-18(10(2)9-17(3)4)12-8-11(6-7-15-12)13(14)16-19/h6-8,10,19H,5,9H2,1-4H3,(H2,14,16).